The van der Waals surface area contributed by atoms with Crippen LogP contribution in [0.5, 0.6) is 0 Å². The number of hydrogen-bond donors (Lipinski definition) is 3. The van der Waals surface area contributed by atoms with Crippen LogP contribution in [-0.4, -0.2) is 71.8 Å². The molecule has 0 aromatic heterocycles. The molecular weight excluding hydrogens is 490 g/mol. The summed E-state index contributed by atoms with van der Waals surface area (Å²) in [5.41, 5.74) is 1.58. The van der Waals surface area contributed by atoms with Gasteiger partial charge in [-0.3, -0.25) is 14.4 Å². The third-order valence-electron chi connectivity index (χ3n) is 5.99. The zero-order valence-corrected chi connectivity index (χ0v) is 24.1. The van der Waals surface area contributed by atoms with Crippen molar-refractivity contribution in [1.82, 2.24) is 15.5 Å². The van der Waals surface area contributed by atoms with Gasteiger partial charge in [0, 0.05) is 13.1 Å². The topological polar surface area (TPSA) is 134 Å². The van der Waals surface area contributed by atoms with Gasteiger partial charge in [0.05, 0.1) is 19.6 Å². The Balaban J connectivity index is 3.44. The number of carbonyl (C=O) groups is 4. The van der Waals surface area contributed by atoms with Gasteiger partial charge in [0.2, 0.25) is 11.8 Å². The largest absolute Gasteiger partial charge is 0.466 e. The molecular formula is C28H45N3O7. The Bertz CT molecular complexity index is 958. The van der Waals surface area contributed by atoms with Gasteiger partial charge in [-0.1, -0.05) is 44.0 Å². The summed E-state index contributed by atoms with van der Waals surface area (Å²) < 4.78 is 10.3. The van der Waals surface area contributed by atoms with Crippen LogP contribution < -0.4 is 10.6 Å². The number of aliphatic hydroxyl groups excluding tert-OH is 1. The van der Waals surface area contributed by atoms with Gasteiger partial charge >= 0.3 is 12.1 Å². The summed E-state index contributed by atoms with van der Waals surface area (Å²) in [5.74, 6) is -1.77. The molecule has 1 rings (SSSR count). The number of esters is 1. The lowest BCUT2D eigenvalue weighted by Crippen LogP contribution is -2.56. The van der Waals surface area contributed by atoms with Gasteiger partial charge in [0.25, 0.3) is 0 Å². The fourth-order valence-electron chi connectivity index (χ4n) is 3.97. The molecule has 0 aliphatic heterocycles. The standard InChI is InChI=1S/C28H45N3O7/c1-9-19(4)23(30-27(36)38-28(6,7)8)26(35)31(15-16-32)24(21-12-11-18(3)17-20(21)5)25(34)29-14-13-22(33)37-10-2/h11-12,17,19,23-24,32H,9-10,13-16H2,1-8H3,(H,29,34)(H,30,36). The molecule has 0 aliphatic rings. The molecule has 0 radical (unpaired) electrons. The van der Waals surface area contributed by atoms with Gasteiger partial charge in [-0.05, 0) is 58.6 Å². The second-order valence-corrected chi connectivity index (χ2v) is 10.4. The van der Waals surface area contributed by atoms with Crippen molar-refractivity contribution < 1.29 is 33.8 Å². The Morgan fingerprint density at radius 1 is 1.11 bits per heavy atom. The first kappa shape index (κ1) is 32.9. The van der Waals surface area contributed by atoms with Crippen LogP contribution in [0.4, 0.5) is 4.79 Å². The molecule has 0 saturated carbocycles. The van der Waals surface area contributed by atoms with E-state index in [4.69, 9.17) is 9.47 Å². The minimum absolute atomic E-state index is 0.0190. The van der Waals surface area contributed by atoms with Crippen molar-refractivity contribution in [2.75, 3.05) is 26.3 Å². The van der Waals surface area contributed by atoms with E-state index in [2.05, 4.69) is 10.6 Å². The average molecular weight is 536 g/mol. The number of amides is 3. The predicted octanol–water partition coefficient (Wildman–Crippen LogP) is 3.17. The Morgan fingerprint density at radius 2 is 1.76 bits per heavy atom. The fraction of sp³-hybridized carbons (Fsp3) is 0.643. The first-order chi connectivity index (χ1) is 17.7. The van der Waals surface area contributed by atoms with E-state index in [0.717, 1.165) is 11.1 Å². The molecule has 214 valence electrons. The number of nitrogens with one attached hydrogen (secondary N) is 2. The number of alkyl carbamates (subject to hydrolysis) is 1. The van der Waals surface area contributed by atoms with Crippen LogP contribution in [0.3, 0.4) is 0 Å². The molecule has 3 unspecified atom stereocenters. The first-order valence-electron chi connectivity index (χ1n) is 13.2. The maximum atomic E-state index is 14.0. The van der Waals surface area contributed by atoms with Crippen molar-refractivity contribution in [3.05, 3.63) is 34.9 Å². The van der Waals surface area contributed by atoms with E-state index in [0.29, 0.717) is 12.0 Å². The van der Waals surface area contributed by atoms with Crippen molar-refractivity contribution in [2.45, 2.75) is 85.9 Å². The zero-order chi connectivity index (χ0) is 29.0. The Hall–Kier alpha value is -3.14. The van der Waals surface area contributed by atoms with Crippen LogP contribution in [0.2, 0.25) is 0 Å². The Morgan fingerprint density at radius 3 is 2.29 bits per heavy atom. The fourth-order valence-corrected chi connectivity index (χ4v) is 3.97. The van der Waals surface area contributed by atoms with Crippen molar-refractivity contribution in [2.24, 2.45) is 5.92 Å². The van der Waals surface area contributed by atoms with Crippen molar-refractivity contribution in [1.29, 1.82) is 0 Å². The molecule has 3 amide bonds. The zero-order valence-electron chi connectivity index (χ0n) is 24.1. The highest BCUT2D eigenvalue weighted by Crippen LogP contribution is 2.27. The molecule has 3 N–H and O–H groups in total. The Kier molecular flexibility index (Phi) is 13.3. The summed E-state index contributed by atoms with van der Waals surface area (Å²) in [6.07, 6.45) is -0.204. The van der Waals surface area contributed by atoms with E-state index in [9.17, 15) is 24.3 Å². The smallest absolute Gasteiger partial charge is 0.408 e. The minimum Gasteiger partial charge on any atom is -0.466 e. The van der Waals surface area contributed by atoms with Crippen LogP contribution in [0.25, 0.3) is 0 Å². The van der Waals surface area contributed by atoms with E-state index < -0.39 is 48.2 Å². The normalized spacial score (nSPS) is 13.6. The van der Waals surface area contributed by atoms with Crippen molar-refractivity contribution >= 4 is 23.9 Å². The van der Waals surface area contributed by atoms with E-state index in [1.54, 1.807) is 33.8 Å². The highest BCUT2D eigenvalue weighted by atomic mass is 16.6. The van der Waals surface area contributed by atoms with E-state index in [-0.39, 0.29) is 32.0 Å². The first-order valence-corrected chi connectivity index (χ1v) is 13.2. The molecule has 0 bridgehead atoms. The van der Waals surface area contributed by atoms with Crippen molar-refractivity contribution in [3.63, 3.8) is 0 Å². The number of nitrogens with zero attached hydrogens (tertiary/aromatic N) is 1. The van der Waals surface area contributed by atoms with Gasteiger partial charge in [0.15, 0.2) is 0 Å². The van der Waals surface area contributed by atoms with Crippen LogP contribution in [0.1, 0.15) is 77.1 Å². The second-order valence-electron chi connectivity index (χ2n) is 10.4. The number of ether oxygens (including phenoxy) is 2. The average Bonchev–Trinajstić information content (AvgIpc) is 2.81. The number of benzene rings is 1. The van der Waals surface area contributed by atoms with Crippen LogP contribution in [0, 0.1) is 19.8 Å². The summed E-state index contributed by atoms with van der Waals surface area (Å²) in [5, 5.41) is 15.3. The summed E-state index contributed by atoms with van der Waals surface area (Å²) in [7, 11) is 0. The van der Waals surface area contributed by atoms with Gasteiger partial charge < -0.3 is 30.1 Å². The number of hydrogen-bond acceptors (Lipinski definition) is 7. The molecule has 3 atom stereocenters. The maximum absolute atomic E-state index is 14.0. The van der Waals surface area contributed by atoms with E-state index in [1.165, 1.54) is 4.90 Å². The molecule has 0 aliphatic carbocycles. The molecule has 1 aromatic carbocycles. The molecule has 0 spiro atoms. The molecule has 0 saturated heterocycles. The van der Waals surface area contributed by atoms with Gasteiger partial charge in [-0.15, -0.1) is 0 Å². The quantitative estimate of drug-likeness (QED) is 0.330. The summed E-state index contributed by atoms with van der Waals surface area (Å²) in [4.78, 5) is 53.2. The third kappa shape index (κ3) is 10.3. The highest BCUT2D eigenvalue weighted by molar-refractivity contribution is 5.92. The molecule has 38 heavy (non-hydrogen) atoms. The number of carbonyl (C=O) groups excluding carboxylic acids is 4. The maximum Gasteiger partial charge on any atom is 0.408 e. The molecule has 1 aromatic rings. The third-order valence-corrected chi connectivity index (χ3v) is 5.99. The number of rotatable bonds is 13. The number of aliphatic hydroxyl groups is 1. The second kappa shape index (κ2) is 15.3. The van der Waals surface area contributed by atoms with Gasteiger partial charge in [-0.25, -0.2) is 4.79 Å². The van der Waals surface area contributed by atoms with E-state index >= 15 is 0 Å². The molecule has 0 fully saturated rings. The predicted molar refractivity (Wildman–Crippen MR) is 144 cm³/mol. The van der Waals surface area contributed by atoms with Crippen LogP contribution in [0.15, 0.2) is 18.2 Å². The van der Waals surface area contributed by atoms with Gasteiger partial charge in [-0.2, -0.15) is 0 Å². The molecule has 10 heteroatoms. The minimum atomic E-state index is -1.11. The van der Waals surface area contributed by atoms with Gasteiger partial charge in [0.1, 0.15) is 17.7 Å². The van der Waals surface area contributed by atoms with Crippen molar-refractivity contribution in [3.8, 4) is 0 Å². The van der Waals surface area contributed by atoms with Crippen LogP contribution >= 0.6 is 0 Å². The molecule has 10 nitrogen and oxygen atoms in total. The highest BCUT2D eigenvalue weighted by Gasteiger charge is 2.38. The summed E-state index contributed by atoms with van der Waals surface area (Å²) in [6.45, 7) is 14.1. The SMILES string of the molecule is CCOC(=O)CCNC(=O)C(c1ccc(C)cc1C)N(CCO)C(=O)C(NC(=O)OC(C)(C)C)C(C)CC. The van der Waals surface area contributed by atoms with Crippen LogP contribution in [-0.2, 0) is 23.9 Å². The Labute approximate surface area is 226 Å². The lowest BCUT2D eigenvalue weighted by atomic mass is 9.93. The lowest BCUT2D eigenvalue weighted by molar-refractivity contribution is -0.145. The summed E-state index contributed by atoms with van der Waals surface area (Å²) in [6, 6.07) is 3.41. The number of aryl methyl sites for hydroxylation is 2. The molecule has 0 heterocycles. The lowest BCUT2D eigenvalue weighted by Gasteiger charge is -2.36. The monoisotopic (exact) mass is 535 g/mol. The summed E-state index contributed by atoms with van der Waals surface area (Å²) >= 11 is 0. The van der Waals surface area contributed by atoms with E-state index in [1.807, 2.05) is 39.8 Å².